The molecule has 0 fully saturated rings. The standard InChI is InChI=1S/C23H22FN3O2/c1-27(15-17-8-7-9-18(24)14-17)16-22(28)26-21-13-6-5-12-20(21)23(29)25-19-10-3-2-4-11-19/h2-14H,15-16H2,1H3,(H,25,29)(H,26,28)/p+1. The van der Waals surface area contributed by atoms with Crippen LogP contribution < -0.4 is 15.5 Å². The summed E-state index contributed by atoms with van der Waals surface area (Å²) in [6.45, 7) is 0.701. The zero-order valence-corrected chi connectivity index (χ0v) is 16.1. The molecule has 0 aliphatic rings. The van der Waals surface area contributed by atoms with Crippen LogP contribution in [-0.4, -0.2) is 25.4 Å². The minimum absolute atomic E-state index is 0.186. The SMILES string of the molecule is C[NH+](CC(=O)Nc1ccccc1C(=O)Nc1ccccc1)Cc1cccc(F)c1. The summed E-state index contributed by atoms with van der Waals surface area (Å²) in [7, 11) is 1.86. The number of halogens is 1. The van der Waals surface area contributed by atoms with Gasteiger partial charge >= 0.3 is 0 Å². The molecule has 1 atom stereocenters. The van der Waals surface area contributed by atoms with Crippen molar-refractivity contribution in [3.05, 3.63) is 95.8 Å². The molecule has 29 heavy (non-hydrogen) atoms. The zero-order valence-electron chi connectivity index (χ0n) is 16.1. The smallest absolute Gasteiger partial charge is 0.279 e. The highest BCUT2D eigenvalue weighted by atomic mass is 19.1. The van der Waals surface area contributed by atoms with Crippen LogP contribution in [0.5, 0.6) is 0 Å². The van der Waals surface area contributed by atoms with E-state index in [0.29, 0.717) is 23.5 Å². The average Bonchev–Trinajstić information content (AvgIpc) is 2.69. The van der Waals surface area contributed by atoms with E-state index in [1.54, 1.807) is 42.5 Å². The molecule has 5 nitrogen and oxygen atoms in total. The van der Waals surface area contributed by atoms with E-state index >= 15 is 0 Å². The molecule has 3 rings (SSSR count). The average molecular weight is 392 g/mol. The van der Waals surface area contributed by atoms with Crippen LogP contribution in [0.2, 0.25) is 0 Å². The molecule has 0 aliphatic heterocycles. The van der Waals surface area contributed by atoms with Gasteiger partial charge in [0.2, 0.25) is 0 Å². The van der Waals surface area contributed by atoms with Gasteiger partial charge in [-0.1, -0.05) is 42.5 Å². The number of carbonyl (C=O) groups excluding carboxylic acids is 2. The number of nitrogens with one attached hydrogen (secondary N) is 3. The second kappa shape index (κ2) is 9.61. The zero-order chi connectivity index (χ0) is 20.6. The largest absolute Gasteiger partial charge is 0.326 e. The number of benzene rings is 3. The lowest BCUT2D eigenvalue weighted by molar-refractivity contribution is -0.885. The maximum Gasteiger partial charge on any atom is 0.279 e. The second-order valence-electron chi connectivity index (χ2n) is 6.85. The van der Waals surface area contributed by atoms with Crippen LogP contribution in [0, 0.1) is 5.82 Å². The van der Waals surface area contributed by atoms with Crippen LogP contribution in [0.3, 0.4) is 0 Å². The van der Waals surface area contributed by atoms with E-state index < -0.39 is 0 Å². The van der Waals surface area contributed by atoms with Crippen LogP contribution in [0.4, 0.5) is 15.8 Å². The monoisotopic (exact) mass is 392 g/mol. The number of amides is 2. The first-order chi connectivity index (χ1) is 14.0. The van der Waals surface area contributed by atoms with E-state index in [1.807, 2.05) is 31.3 Å². The molecule has 148 valence electrons. The van der Waals surface area contributed by atoms with Crippen molar-refractivity contribution in [2.24, 2.45) is 0 Å². The van der Waals surface area contributed by atoms with Gasteiger partial charge in [-0.2, -0.15) is 0 Å². The van der Waals surface area contributed by atoms with Crippen LogP contribution in [-0.2, 0) is 11.3 Å². The normalized spacial score (nSPS) is 11.5. The number of carbonyl (C=O) groups is 2. The van der Waals surface area contributed by atoms with E-state index in [-0.39, 0.29) is 24.2 Å². The van der Waals surface area contributed by atoms with Crippen molar-refractivity contribution in [3.63, 3.8) is 0 Å². The van der Waals surface area contributed by atoms with E-state index in [4.69, 9.17) is 0 Å². The Morgan fingerprint density at radius 2 is 1.62 bits per heavy atom. The van der Waals surface area contributed by atoms with E-state index in [2.05, 4.69) is 10.6 Å². The maximum atomic E-state index is 13.3. The third-order valence-corrected chi connectivity index (χ3v) is 4.33. The number of rotatable bonds is 7. The van der Waals surface area contributed by atoms with E-state index in [1.165, 1.54) is 12.1 Å². The van der Waals surface area contributed by atoms with Crippen molar-refractivity contribution in [3.8, 4) is 0 Å². The predicted molar refractivity (Wildman–Crippen MR) is 111 cm³/mol. The molecular weight excluding hydrogens is 369 g/mol. The Labute approximate surface area is 169 Å². The first-order valence-electron chi connectivity index (χ1n) is 9.32. The number of para-hydroxylation sites is 2. The molecule has 3 aromatic rings. The molecule has 3 N–H and O–H groups in total. The number of hydrogen-bond donors (Lipinski definition) is 3. The molecule has 0 saturated carbocycles. The Morgan fingerprint density at radius 3 is 2.38 bits per heavy atom. The van der Waals surface area contributed by atoms with Crippen LogP contribution in [0.25, 0.3) is 0 Å². The molecule has 0 aromatic heterocycles. The minimum Gasteiger partial charge on any atom is -0.326 e. The van der Waals surface area contributed by atoms with Gasteiger partial charge in [-0.25, -0.2) is 4.39 Å². The van der Waals surface area contributed by atoms with Crippen molar-refractivity contribution >= 4 is 23.2 Å². The van der Waals surface area contributed by atoms with Crippen molar-refractivity contribution in [1.82, 2.24) is 0 Å². The molecule has 0 saturated heterocycles. The lowest BCUT2D eigenvalue weighted by Gasteiger charge is -2.15. The first kappa shape index (κ1) is 20.2. The van der Waals surface area contributed by atoms with Gasteiger partial charge in [0, 0.05) is 11.3 Å². The molecule has 0 bridgehead atoms. The summed E-state index contributed by atoms with van der Waals surface area (Å²) in [6, 6.07) is 22.3. The summed E-state index contributed by atoms with van der Waals surface area (Å²) in [4.78, 5) is 26.0. The molecule has 0 spiro atoms. The fraction of sp³-hybridized carbons (Fsp3) is 0.130. The van der Waals surface area contributed by atoms with Crippen molar-refractivity contribution in [2.45, 2.75) is 6.54 Å². The number of likely N-dealkylation sites (N-methyl/N-ethyl adjacent to an activating group) is 1. The van der Waals surface area contributed by atoms with E-state index in [0.717, 1.165) is 10.5 Å². The maximum absolute atomic E-state index is 13.3. The van der Waals surface area contributed by atoms with Crippen molar-refractivity contribution in [2.75, 3.05) is 24.2 Å². The summed E-state index contributed by atoms with van der Waals surface area (Å²) >= 11 is 0. The molecule has 1 unspecified atom stereocenters. The second-order valence-corrected chi connectivity index (χ2v) is 6.85. The number of quaternary nitrogens is 1. The number of anilines is 2. The van der Waals surface area contributed by atoms with Crippen LogP contribution in [0.15, 0.2) is 78.9 Å². The van der Waals surface area contributed by atoms with Gasteiger partial charge in [0.25, 0.3) is 11.8 Å². The van der Waals surface area contributed by atoms with Gasteiger partial charge in [0.1, 0.15) is 12.4 Å². The third kappa shape index (κ3) is 5.99. The Bertz CT molecular complexity index is 992. The van der Waals surface area contributed by atoms with Crippen molar-refractivity contribution in [1.29, 1.82) is 0 Å². The van der Waals surface area contributed by atoms with Gasteiger partial charge in [-0.05, 0) is 36.4 Å². The fourth-order valence-electron chi connectivity index (χ4n) is 3.04. The highest BCUT2D eigenvalue weighted by molar-refractivity contribution is 6.10. The molecule has 6 heteroatoms. The lowest BCUT2D eigenvalue weighted by atomic mass is 10.1. The summed E-state index contributed by atoms with van der Waals surface area (Å²) in [6.07, 6.45) is 0. The van der Waals surface area contributed by atoms with Gasteiger partial charge in [-0.15, -0.1) is 0 Å². The third-order valence-electron chi connectivity index (χ3n) is 4.33. The number of hydrogen-bond acceptors (Lipinski definition) is 2. The Balaban J connectivity index is 1.62. The summed E-state index contributed by atoms with van der Waals surface area (Å²) in [5, 5.41) is 5.63. The minimum atomic E-state index is -0.299. The molecule has 0 heterocycles. The first-order valence-corrected chi connectivity index (χ1v) is 9.32. The van der Waals surface area contributed by atoms with Crippen LogP contribution in [0.1, 0.15) is 15.9 Å². The highest BCUT2D eigenvalue weighted by Crippen LogP contribution is 2.17. The van der Waals surface area contributed by atoms with Gasteiger partial charge in [-0.3, -0.25) is 9.59 Å². The summed E-state index contributed by atoms with van der Waals surface area (Å²) < 4.78 is 13.3. The summed E-state index contributed by atoms with van der Waals surface area (Å²) in [5.74, 6) is -0.815. The molecule has 2 amide bonds. The van der Waals surface area contributed by atoms with E-state index in [9.17, 15) is 14.0 Å². The van der Waals surface area contributed by atoms with Gasteiger partial charge in [0.15, 0.2) is 6.54 Å². The summed E-state index contributed by atoms with van der Waals surface area (Å²) in [5.41, 5.74) is 2.33. The molecule has 3 aromatic carbocycles. The fourth-order valence-corrected chi connectivity index (χ4v) is 3.04. The Hall–Kier alpha value is -3.51. The Morgan fingerprint density at radius 1 is 0.897 bits per heavy atom. The molecule has 0 aliphatic carbocycles. The molecular formula is C23H23FN3O2+. The predicted octanol–water partition coefficient (Wildman–Crippen LogP) is 2.73. The lowest BCUT2D eigenvalue weighted by Crippen LogP contribution is -3.08. The van der Waals surface area contributed by atoms with Crippen molar-refractivity contribution < 1.29 is 18.9 Å². The highest BCUT2D eigenvalue weighted by Gasteiger charge is 2.16. The van der Waals surface area contributed by atoms with Gasteiger partial charge in [0.05, 0.1) is 18.3 Å². The molecule has 0 radical (unpaired) electrons. The topological polar surface area (TPSA) is 62.6 Å². The quantitative estimate of drug-likeness (QED) is 0.579. The van der Waals surface area contributed by atoms with Crippen LogP contribution >= 0.6 is 0 Å². The Kier molecular flexibility index (Phi) is 6.71. The van der Waals surface area contributed by atoms with Gasteiger partial charge < -0.3 is 15.5 Å².